The second kappa shape index (κ2) is 8.06. The highest BCUT2D eigenvalue weighted by molar-refractivity contribution is 7.80. The van der Waals surface area contributed by atoms with Crippen molar-refractivity contribution in [3.8, 4) is 0 Å². The van der Waals surface area contributed by atoms with E-state index in [1.807, 2.05) is 66.7 Å². The minimum atomic E-state index is -0.380. The number of para-hydroxylation sites is 1. The SMILES string of the molecule is O=C(NC(=S)Nc1ccc(Cc2ccccc2)cc1)c1cc2ccccc2o1. The number of rotatable bonds is 4. The molecule has 0 saturated carbocycles. The second-order valence-corrected chi connectivity index (χ2v) is 6.82. The van der Waals surface area contributed by atoms with Crippen LogP contribution in [0.2, 0.25) is 0 Å². The van der Waals surface area contributed by atoms with Crippen molar-refractivity contribution < 1.29 is 9.21 Å². The summed E-state index contributed by atoms with van der Waals surface area (Å²) >= 11 is 5.25. The van der Waals surface area contributed by atoms with Crippen LogP contribution in [0.25, 0.3) is 11.0 Å². The van der Waals surface area contributed by atoms with Crippen LogP contribution in [0.4, 0.5) is 5.69 Å². The molecule has 0 spiro atoms. The maximum Gasteiger partial charge on any atom is 0.293 e. The summed E-state index contributed by atoms with van der Waals surface area (Å²) in [5, 5.41) is 6.77. The zero-order valence-corrected chi connectivity index (χ0v) is 15.8. The second-order valence-electron chi connectivity index (χ2n) is 6.42. The summed E-state index contributed by atoms with van der Waals surface area (Å²) in [6.45, 7) is 0. The van der Waals surface area contributed by atoms with Crippen LogP contribution in [-0.4, -0.2) is 11.0 Å². The molecule has 0 saturated heterocycles. The Hall–Kier alpha value is -3.44. The molecule has 0 aliphatic rings. The first-order chi connectivity index (χ1) is 13.7. The zero-order valence-electron chi connectivity index (χ0n) is 15.0. The average molecular weight is 386 g/mol. The van der Waals surface area contributed by atoms with Gasteiger partial charge in [0.2, 0.25) is 0 Å². The van der Waals surface area contributed by atoms with E-state index in [1.54, 1.807) is 6.07 Å². The molecular weight excluding hydrogens is 368 g/mol. The predicted octanol–water partition coefficient (Wildman–Crippen LogP) is 5.15. The van der Waals surface area contributed by atoms with E-state index in [2.05, 4.69) is 22.8 Å². The van der Waals surface area contributed by atoms with Gasteiger partial charge in [-0.1, -0.05) is 60.7 Å². The van der Waals surface area contributed by atoms with E-state index in [0.29, 0.717) is 5.58 Å². The van der Waals surface area contributed by atoms with E-state index in [-0.39, 0.29) is 16.8 Å². The van der Waals surface area contributed by atoms with Gasteiger partial charge in [-0.15, -0.1) is 0 Å². The average Bonchev–Trinajstić information content (AvgIpc) is 3.15. The first-order valence-electron chi connectivity index (χ1n) is 8.91. The van der Waals surface area contributed by atoms with E-state index >= 15 is 0 Å². The molecule has 1 aromatic heterocycles. The van der Waals surface area contributed by atoms with Crippen LogP contribution in [0.1, 0.15) is 21.7 Å². The molecule has 0 atom stereocenters. The molecule has 0 radical (unpaired) electrons. The van der Waals surface area contributed by atoms with Crippen LogP contribution < -0.4 is 10.6 Å². The number of carbonyl (C=O) groups is 1. The lowest BCUT2D eigenvalue weighted by atomic mass is 10.1. The van der Waals surface area contributed by atoms with Crippen LogP contribution in [0.5, 0.6) is 0 Å². The molecule has 0 unspecified atom stereocenters. The fourth-order valence-corrected chi connectivity index (χ4v) is 3.17. The molecular formula is C23H18N2O2S. The summed E-state index contributed by atoms with van der Waals surface area (Å²) in [6.07, 6.45) is 0.869. The number of anilines is 1. The molecule has 0 aliphatic heterocycles. The summed E-state index contributed by atoms with van der Waals surface area (Å²) in [5.74, 6) is -0.155. The standard InChI is InChI=1S/C23H18N2O2S/c26-22(21-15-18-8-4-5-9-20(18)27-21)25-23(28)24-19-12-10-17(11-13-19)14-16-6-2-1-3-7-16/h1-13,15H,14H2,(H2,24,25,26,28). The van der Waals surface area contributed by atoms with Crippen LogP contribution in [0.3, 0.4) is 0 Å². The van der Waals surface area contributed by atoms with Gasteiger partial charge in [0.1, 0.15) is 5.58 Å². The fraction of sp³-hybridized carbons (Fsp3) is 0.0435. The molecule has 4 nitrogen and oxygen atoms in total. The largest absolute Gasteiger partial charge is 0.451 e. The Kier molecular flexibility index (Phi) is 5.17. The number of fused-ring (bicyclic) bond motifs is 1. The van der Waals surface area contributed by atoms with Crippen molar-refractivity contribution in [1.82, 2.24) is 5.32 Å². The topological polar surface area (TPSA) is 54.3 Å². The summed E-state index contributed by atoms with van der Waals surface area (Å²) in [7, 11) is 0. The Morgan fingerprint density at radius 3 is 2.29 bits per heavy atom. The molecule has 4 rings (SSSR count). The van der Waals surface area contributed by atoms with Crippen LogP contribution in [-0.2, 0) is 6.42 Å². The van der Waals surface area contributed by atoms with Crippen molar-refractivity contribution in [2.24, 2.45) is 0 Å². The lowest BCUT2D eigenvalue weighted by Crippen LogP contribution is -2.33. The highest BCUT2D eigenvalue weighted by atomic mass is 32.1. The lowest BCUT2D eigenvalue weighted by Gasteiger charge is -2.09. The molecule has 4 aromatic rings. The fourth-order valence-electron chi connectivity index (χ4n) is 2.96. The van der Waals surface area contributed by atoms with Gasteiger partial charge in [0.05, 0.1) is 0 Å². The van der Waals surface area contributed by atoms with E-state index in [1.165, 1.54) is 11.1 Å². The summed E-state index contributed by atoms with van der Waals surface area (Å²) in [5.41, 5.74) is 3.94. The van der Waals surface area contributed by atoms with Gasteiger partial charge >= 0.3 is 0 Å². The molecule has 3 aromatic carbocycles. The molecule has 0 bridgehead atoms. The number of hydrogen-bond acceptors (Lipinski definition) is 3. The number of benzene rings is 3. The number of carbonyl (C=O) groups excluding carboxylic acids is 1. The van der Waals surface area contributed by atoms with E-state index in [9.17, 15) is 4.79 Å². The van der Waals surface area contributed by atoms with Gasteiger partial charge in [-0.05, 0) is 54.0 Å². The number of furan rings is 1. The zero-order chi connectivity index (χ0) is 19.3. The van der Waals surface area contributed by atoms with Gasteiger partial charge in [0, 0.05) is 11.1 Å². The van der Waals surface area contributed by atoms with Crippen molar-refractivity contribution >= 4 is 39.9 Å². The van der Waals surface area contributed by atoms with Gasteiger partial charge in [-0.3, -0.25) is 10.1 Å². The van der Waals surface area contributed by atoms with Crippen LogP contribution >= 0.6 is 12.2 Å². The number of hydrogen-bond donors (Lipinski definition) is 2. The predicted molar refractivity (Wildman–Crippen MR) is 116 cm³/mol. The summed E-state index contributed by atoms with van der Waals surface area (Å²) < 4.78 is 5.55. The van der Waals surface area contributed by atoms with Gasteiger partial charge < -0.3 is 9.73 Å². The van der Waals surface area contributed by atoms with Gasteiger partial charge in [-0.2, -0.15) is 0 Å². The molecule has 0 aliphatic carbocycles. The van der Waals surface area contributed by atoms with Crippen molar-refractivity contribution in [3.63, 3.8) is 0 Å². The Morgan fingerprint density at radius 1 is 0.857 bits per heavy atom. The molecule has 1 amide bonds. The smallest absolute Gasteiger partial charge is 0.293 e. The first kappa shape index (κ1) is 17.9. The maximum absolute atomic E-state index is 12.3. The Bertz CT molecular complexity index is 1090. The highest BCUT2D eigenvalue weighted by Crippen LogP contribution is 2.19. The van der Waals surface area contributed by atoms with E-state index in [0.717, 1.165) is 17.5 Å². The Balaban J connectivity index is 1.36. The number of thiocarbonyl (C=S) groups is 1. The quantitative estimate of drug-likeness (QED) is 0.476. The van der Waals surface area contributed by atoms with Gasteiger partial charge in [0.25, 0.3) is 5.91 Å². The molecule has 28 heavy (non-hydrogen) atoms. The maximum atomic E-state index is 12.3. The Labute approximate surface area is 168 Å². The third-order valence-corrected chi connectivity index (χ3v) is 4.54. The van der Waals surface area contributed by atoms with Gasteiger partial charge in [0.15, 0.2) is 10.9 Å². The molecule has 138 valence electrons. The number of nitrogens with one attached hydrogen (secondary N) is 2. The van der Waals surface area contributed by atoms with Crippen LogP contribution in [0.15, 0.2) is 89.3 Å². The third-order valence-electron chi connectivity index (χ3n) is 4.34. The normalized spacial score (nSPS) is 10.6. The van der Waals surface area contributed by atoms with Crippen molar-refractivity contribution in [2.75, 3.05) is 5.32 Å². The van der Waals surface area contributed by atoms with Crippen LogP contribution in [0, 0.1) is 0 Å². The Morgan fingerprint density at radius 2 is 1.54 bits per heavy atom. The lowest BCUT2D eigenvalue weighted by molar-refractivity contribution is 0.0953. The summed E-state index contributed by atoms with van der Waals surface area (Å²) in [6, 6.07) is 27.4. The molecule has 1 heterocycles. The van der Waals surface area contributed by atoms with Crippen molar-refractivity contribution in [2.45, 2.75) is 6.42 Å². The summed E-state index contributed by atoms with van der Waals surface area (Å²) in [4.78, 5) is 12.3. The molecule has 5 heteroatoms. The van der Waals surface area contributed by atoms with E-state index in [4.69, 9.17) is 16.6 Å². The molecule has 2 N–H and O–H groups in total. The highest BCUT2D eigenvalue weighted by Gasteiger charge is 2.13. The van der Waals surface area contributed by atoms with Crippen molar-refractivity contribution in [1.29, 1.82) is 0 Å². The first-order valence-corrected chi connectivity index (χ1v) is 9.32. The van der Waals surface area contributed by atoms with Crippen molar-refractivity contribution in [3.05, 3.63) is 102 Å². The molecule has 0 fully saturated rings. The van der Waals surface area contributed by atoms with Gasteiger partial charge in [-0.25, -0.2) is 0 Å². The monoisotopic (exact) mass is 386 g/mol. The minimum absolute atomic E-state index is 0.223. The minimum Gasteiger partial charge on any atom is -0.451 e. The number of amides is 1. The van der Waals surface area contributed by atoms with E-state index < -0.39 is 0 Å². The third kappa shape index (κ3) is 4.27.